The number of rotatable bonds is 7. The summed E-state index contributed by atoms with van der Waals surface area (Å²) in [5.74, 6) is 0.692. The van der Waals surface area contributed by atoms with Crippen LogP contribution in [0.1, 0.15) is 0 Å². The average molecular weight is 719 g/mol. The quantitative estimate of drug-likeness (QED) is 0.164. The zero-order valence-corrected chi connectivity index (χ0v) is 30.7. The molecule has 2 nitrogen and oxygen atoms in total. The summed E-state index contributed by atoms with van der Waals surface area (Å²) in [6.45, 7) is 0. The van der Waals surface area contributed by atoms with Gasteiger partial charge in [0.15, 0.2) is 5.82 Å². The zero-order chi connectivity index (χ0) is 36.6. The predicted molar refractivity (Wildman–Crippen MR) is 233 cm³/mol. The second kappa shape index (κ2) is 14.1. The van der Waals surface area contributed by atoms with E-state index in [0.717, 1.165) is 61.5 Å². The van der Waals surface area contributed by atoms with E-state index in [-0.39, 0.29) is 0 Å². The number of fused-ring (bicyclic) bond motifs is 3. The van der Waals surface area contributed by atoms with Gasteiger partial charge in [0.05, 0.1) is 11.4 Å². The standard InChI is InChI=1S/C52H34N2S/c1-5-16-35(17-6-1)39-28-29-44(47(33-39)37-20-9-3-10-21-37)49-34-48(53-52(54-49)38-22-11-4-12-23-38)42-31-40(36-18-7-2-8-19-36)30-41(32-42)43-25-15-26-46-45-24-13-14-27-50(45)55-51(43)46/h1-34H. The van der Waals surface area contributed by atoms with Crippen LogP contribution in [0, 0.1) is 0 Å². The van der Waals surface area contributed by atoms with E-state index in [9.17, 15) is 0 Å². The van der Waals surface area contributed by atoms with Gasteiger partial charge in [-0.05, 0) is 80.9 Å². The number of nitrogens with zero attached hydrogens (tertiary/aromatic N) is 2. The minimum atomic E-state index is 0.692. The number of hydrogen-bond acceptors (Lipinski definition) is 3. The molecule has 0 unspecified atom stereocenters. The number of thiophene rings is 1. The maximum atomic E-state index is 5.33. The minimum absolute atomic E-state index is 0.692. The number of aromatic nitrogens is 2. The van der Waals surface area contributed by atoms with Gasteiger partial charge in [0.2, 0.25) is 0 Å². The molecule has 3 heteroatoms. The van der Waals surface area contributed by atoms with Gasteiger partial charge in [-0.15, -0.1) is 11.3 Å². The highest BCUT2D eigenvalue weighted by atomic mass is 32.1. The van der Waals surface area contributed by atoms with E-state index in [4.69, 9.17) is 9.97 Å². The maximum absolute atomic E-state index is 5.33. The lowest BCUT2D eigenvalue weighted by molar-refractivity contribution is 1.18. The van der Waals surface area contributed by atoms with E-state index >= 15 is 0 Å². The van der Waals surface area contributed by atoms with Crippen LogP contribution in [0.25, 0.3) is 98.6 Å². The highest BCUT2D eigenvalue weighted by Gasteiger charge is 2.18. The fourth-order valence-electron chi connectivity index (χ4n) is 7.59. The zero-order valence-electron chi connectivity index (χ0n) is 29.9. The average Bonchev–Trinajstić information content (AvgIpc) is 3.66. The highest BCUT2D eigenvalue weighted by Crippen LogP contribution is 2.43. The van der Waals surface area contributed by atoms with Crippen molar-refractivity contribution in [3.05, 3.63) is 206 Å². The second-order valence-electron chi connectivity index (χ2n) is 13.8. The van der Waals surface area contributed by atoms with Crippen molar-refractivity contribution >= 4 is 31.5 Å². The molecule has 0 aliphatic rings. The molecule has 55 heavy (non-hydrogen) atoms. The first-order valence-corrected chi connectivity index (χ1v) is 19.4. The van der Waals surface area contributed by atoms with Crippen molar-refractivity contribution < 1.29 is 0 Å². The smallest absolute Gasteiger partial charge is 0.160 e. The van der Waals surface area contributed by atoms with Gasteiger partial charge in [-0.2, -0.15) is 0 Å². The van der Waals surface area contributed by atoms with Crippen LogP contribution in [0.5, 0.6) is 0 Å². The first-order valence-electron chi connectivity index (χ1n) is 18.6. The Kier molecular flexibility index (Phi) is 8.40. The molecule has 0 saturated carbocycles. The van der Waals surface area contributed by atoms with Crippen LogP contribution in [0.2, 0.25) is 0 Å². The molecular formula is C52H34N2S. The fraction of sp³-hybridized carbons (Fsp3) is 0. The van der Waals surface area contributed by atoms with Gasteiger partial charge >= 0.3 is 0 Å². The Balaban J connectivity index is 1.22. The van der Waals surface area contributed by atoms with Gasteiger partial charge < -0.3 is 0 Å². The van der Waals surface area contributed by atoms with Crippen molar-refractivity contribution in [1.29, 1.82) is 0 Å². The van der Waals surface area contributed by atoms with Crippen molar-refractivity contribution in [2.24, 2.45) is 0 Å². The van der Waals surface area contributed by atoms with E-state index in [1.807, 2.05) is 17.4 Å². The Bertz CT molecular complexity index is 2950. The van der Waals surface area contributed by atoms with Crippen molar-refractivity contribution in [2.45, 2.75) is 0 Å². The van der Waals surface area contributed by atoms with Gasteiger partial charge in [-0.25, -0.2) is 9.97 Å². The SMILES string of the molecule is c1ccc(-c2cc(-c3cc(-c4ccc(-c5ccccc5)cc4-c4ccccc4)nc(-c4ccccc4)n3)cc(-c3cccc4c3sc3ccccc34)c2)cc1. The summed E-state index contributed by atoms with van der Waals surface area (Å²) in [4.78, 5) is 10.6. The fourth-order valence-corrected chi connectivity index (χ4v) is 8.82. The van der Waals surface area contributed by atoms with Crippen molar-refractivity contribution in [2.75, 3.05) is 0 Å². The Morgan fingerprint density at radius 3 is 1.58 bits per heavy atom. The van der Waals surface area contributed by atoms with Crippen LogP contribution in [-0.2, 0) is 0 Å². The highest BCUT2D eigenvalue weighted by molar-refractivity contribution is 7.26. The summed E-state index contributed by atoms with van der Waals surface area (Å²) in [6.07, 6.45) is 0. The maximum Gasteiger partial charge on any atom is 0.160 e. The lowest BCUT2D eigenvalue weighted by Crippen LogP contribution is -1.98. The predicted octanol–water partition coefficient (Wildman–Crippen LogP) is 14.5. The molecule has 2 aromatic heterocycles. The normalized spacial score (nSPS) is 11.3. The van der Waals surface area contributed by atoms with Crippen LogP contribution in [0.15, 0.2) is 206 Å². The Labute approximate surface area is 324 Å². The number of benzene rings is 8. The van der Waals surface area contributed by atoms with Gasteiger partial charge in [-0.3, -0.25) is 0 Å². The van der Waals surface area contributed by atoms with Gasteiger partial charge in [-0.1, -0.05) is 170 Å². The third-order valence-electron chi connectivity index (χ3n) is 10.3. The molecule has 0 saturated heterocycles. The van der Waals surface area contributed by atoms with Crippen LogP contribution in [0.4, 0.5) is 0 Å². The summed E-state index contributed by atoms with van der Waals surface area (Å²) in [5.41, 5.74) is 14.1. The van der Waals surface area contributed by atoms with Crippen molar-refractivity contribution in [1.82, 2.24) is 9.97 Å². The molecule has 8 aromatic carbocycles. The Morgan fingerprint density at radius 2 is 0.855 bits per heavy atom. The molecule has 10 rings (SSSR count). The molecule has 2 heterocycles. The molecule has 0 aliphatic heterocycles. The molecule has 0 fully saturated rings. The third-order valence-corrected chi connectivity index (χ3v) is 11.5. The molecule has 0 bridgehead atoms. The second-order valence-corrected chi connectivity index (χ2v) is 14.8. The van der Waals surface area contributed by atoms with Crippen molar-refractivity contribution in [3.8, 4) is 78.4 Å². The van der Waals surface area contributed by atoms with E-state index in [1.54, 1.807) is 0 Å². The van der Waals surface area contributed by atoms with E-state index in [1.165, 1.54) is 31.3 Å². The summed E-state index contributed by atoms with van der Waals surface area (Å²) < 4.78 is 2.59. The Hall–Kier alpha value is -6.94. The summed E-state index contributed by atoms with van der Waals surface area (Å²) in [6, 6.07) is 73.4. The van der Waals surface area contributed by atoms with E-state index in [2.05, 4.69) is 200 Å². The van der Waals surface area contributed by atoms with Crippen LogP contribution in [0.3, 0.4) is 0 Å². The third kappa shape index (κ3) is 6.31. The molecule has 0 spiro atoms. The summed E-state index contributed by atoms with van der Waals surface area (Å²) >= 11 is 1.86. The molecule has 0 aliphatic carbocycles. The topological polar surface area (TPSA) is 25.8 Å². The molecule has 0 amide bonds. The number of hydrogen-bond donors (Lipinski definition) is 0. The van der Waals surface area contributed by atoms with E-state index < -0.39 is 0 Å². The van der Waals surface area contributed by atoms with Crippen molar-refractivity contribution in [3.63, 3.8) is 0 Å². The summed E-state index contributed by atoms with van der Waals surface area (Å²) in [5, 5.41) is 2.58. The van der Waals surface area contributed by atoms with Crippen LogP contribution in [-0.4, -0.2) is 9.97 Å². The lowest BCUT2D eigenvalue weighted by Gasteiger charge is -2.16. The van der Waals surface area contributed by atoms with Gasteiger partial charge in [0, 0.05) is 36.9 Å². The first kappa shape index (κ1) is 32.7. The monoisotopic (exact) mass is 718 g/mol. The molecular weight excluding hydrogens is 685 g/mol. The van der Waals surface area contributed by atoms with Crippen LogP contribution < -0.4 is 0 Å². The molecule has 0 radical (unpaired) electrons. The van der Waals surface area contributed by atoms with E-state index in [0.29, 0.717) is 5.82 Å². The summed E-state index contributed by atoms with van der Waals surface area (Å²) in [7, 11) is 0. The largest absolute Gasteiger partial charge is 0.228 e. The minimum Gasteiger partial charge on any atom is -0.228 e. The lowest BCUT2D eigenvalue weighted by atomic mass is 9.91. The molecule has 10 aromatic rings. The Morgan fingerprint density at radius 1 is 0.291 bits per heavy atom. The molecule has 258 valence electrons. The molecule has 0 atom stereocenters. The van der Waals surface area contributed by atoms with Gasteiger partial charge in [0.25, 0.3) is 0 Å². The van der Waals surface area contributed by atoms with Gasteiger partial charge in [0.1, 0.15) is 0 Å². The van der Waals surface area contributed by atoms with Crippen LogP contribution >= 0.6 is 11.3 Å². The molecule has 0 N–H and O–H groups in total. The first-order chi connectivity index (χ1) is 27.2.